The van der Waals surface area contributed by atoms with Gasteiger partial charge in [0, 0.05) is 51.7 Å². The molecule has 2 amide bonds. The molecule has 4 rings (SSSR count). The largest absolute Gasteiger partial charge is 0.481 e. The van der Waals surface area contributed by atoms with Crippen LogP contribution in [-0.4, -0.2) is 32.9 Å². The monoisotopic (exact) mass is 558 g/mol. The number of carbonyl (C=O) groups is 3. The van der Waals surface area contributed by atoms with Gasteiger partial charge in [-0.2, -0.15) is 0 Å². The quantitative estimate of drug-likeness (QED) is 0.254. The van der Waals surface area contributed by atoms with Gasteiger partial charge in [-0.25, -0.2) is 0 Å². The number of aromatic amines is 2. The normalized spacial score (nSPS) is 18.2. The Morgan fingerprint density at radius 2 is 1.20 bits per heavy atom. The number of aliphatic carboxylic acids is 1. The second kappa shape index (κ2) is 11.8. The van der Waals surface area contributed by atoms with Crippen LogP contribution in [0.15, 0.2) is 33.7 Å². The van der Waals surface area contributed by atoms with Gasteiger partial charge in [0.05, 0.1) is 5.92 Å². The van der Waals surface area contributed by atoms with Crippen LogP contribution < -0.4 is 10.6 Å². The molecular weight excluding hydrogens is 516 g/mol. The van der Waals surface area contributed by atoms with Crippen molar-refractivity contribution in [1.29, 1.82) is 0 Å². The fourth-order valence-electron chi connectivity index (χ4n) is 6.06. The second-order valence-electron chi connectivity index (χ2n) is 11.2. The van der Waals surface area contributed by atoms with E-state index in [0.717, 1.165) is 92.4 Å². The van der Waals surface area contributed by atoms with Crippen LogP contribution in [0.3, 0.4) is 0 Å². The van der Waals surface area contributed by atoms with Crippen LogP contribution in [0.25, 0.3) is 12.2 Å². The molecule has 0 fully saturated rings. The number of aromatic nitrogens is 2. The average Bonchev–Trinajstić information content (AvgIpc) is 3.57. The zero-order valence-electron chi connectivity index (χ0n) is 25.4. The lowest BCUT2D eigenvalue weighted by molar-refractivity contribution is -0.141. The Hall–Kier alpha value is -4.07. The Balaban J connectivity index is 1.78. The van der Waals surface area contributed by atoms with Crippen molar-refractivity contribution in [1.82, 2.24) is 20.6 Å². The Morgan fingerprint density at radius 3 is 1.61 bits per heavy atom. The minimum Gasteiger partial charge on any atom is -0.481 e. The number of carboxylic acid groups (broad SMARTS) is 1. The molecule has 0 saturated heterocycles. The highest BCUT2D eigenvalue weighted by Crippen LogP contribution is 2.32. The first-order chi connectivity index (χ1) is 19.4. The molecule has 0 radical (unpaired) electrons. The van der Waals surface area contributed by atoms with Gasteiger partial charge in [0.25, 0.3) is 11.8 Å². The van der Waals surface area contributed by atoms with Crippen molar-refractivity contribution < 1.29 is 19.5 Å². The number of hydrogen-bond donors (Lipinski definition) is 5. The van der Waals surface area contributed by atoms with E-state index in [2.05, 4.69) is 41.4 Å². The van der Waals surface area contributed by atoms with Crippen molar-refractivity contribution >= 4 is 29.9 Å². The van der Waals surface area contributed by atoms with Gasteiger partial charge in [0.2, 0.25) is 0 Å². The fourth-order valence-corrected chi connectivity index (χ4v) is 6.06. The van der Waals surface area contributed by atoms with Gasteiger partial charge < -0.3 is 25.7 Å². The molecule has 2 aromatic rings. The lowest BCUT2D eigenvalue weighted by Crippen LogP contribution is -2.15. The number of allylic oxidation sites excluding steroid dienone is 2. The van der Waals surface area contributed by atoms with Gasteiger partial charge in [0.15, 0.2) is 0 Å². The number of carboxylic acids is 1. The minimum absolute atomic E-state index is 0.0522. The van der Waals surface area contributed by atoms with Crippen molar-refractivity contribution in [3.63, 3.8) is 0 Å². The number of carbonyl (C=O) groups excluding carboxylic acids is 2. The molecule has 1 atom stereocenters. The summed E-state index contributed by atoms with van der Waals surface area (Å²) in [6.07, 6.45) is 7.30. The molecule has 218 valence electrons. The van der Waals surface area contributed by atoms with E-state index in [0.29, 0.717) is 12.8 Å². The van der Waals surface area contributed by atoms with Crippen LogP contribution in [0.1, 0.15) is 99.4 Å². The first-order valence-electron chi connectivity index (χ1n) is 14.5. The first-order valence-corrected chi connectivity index (χ1v) is 14.5. The molecule has 41 heavy (non-hydrogen) atoms. The van der Waals surface area contributed by atoms with Crippen molar-refractivity contribution in [2.45, 2.75) is 87.5 Å². The van der Waals surface area contributed by atoms with Gasteiger partial charge in [-0.05, 0) is 98.9 Å². The van der Waals surface area contributed by atoms with Crippen LogP contribution >= 0.6 is 0 Å². The molecule has 2 aliphatic rings. The third-order valence-electron chi connectivity index (χ3n) is 8.67. The van der Waals surface area contributed by atoms with Crippen LogP contribution in [0.4, 0.5) is 0 Å². The third kappa shape index (κ3) is 5.60. The zero-order chi connectivity index (χ0) is 30.2. The topological polar surface area (TPSA) is 127 Å². The van der Waals surface area contributed by atoms with E-state index in [1.807, 2.05) is 39.8 Å². The highest BCUT2D eigenvalue weighted by molar-refractivity contribution is 6.01. The predicted molar refractivity (Wildman–Crippen MR) is 162 cm³/mol. The van der Waals surface area contributed by atoms with E-state index in [1.165, 1.54) is 5.56 Å². The van der Waals surface area contributed by atoms with E-state index in [-0.39, 0.29) is 11.8 Å². The van der Waals surface area contributed by atoms with Gasteiger partial charge in [-0.1, -0.05) is 27.7 Å². The highest BCUT2D eigenvalue weighted by Gasteiger charge is 2.26. The van der Waals surface area contributed by atoms with E-state index in [4.69, 9.17) is 0 Å². The molecule has 1 unspecified atom stereocenters. The maximum Gasteiger partial charge on any atom is 0.306 e. The third-order valence-corrected chi connectivity index (χ3v) is 8.67. The SMILES string of the molecule is CCC1=C(C)C(=O)N/C1=C\c1[nH]c(Cc2[nH]c(/C=C3\NC(=O)C(C)=C3CC)c(C)c2CC(C)C(=O)O)c(CC)c1C. The Morgan fingerprint density at radius 1 is 0.756 bits per heavy atom. The average molecular weight is 559 g/mol. The van der Waals surface area contributed by atoms with Gasteiger partial charge in [-0.15, -0.1) is 0 Å². The summed E-state index contributed by atoms with van der Waals surface area (Å²) in [5.74, 6) is -1.52. The summed E-state index contributed by atoms with van der Waals surface area (Å²) in [5, 5.41) is 15.7. The molecule has 2 aliphatic heterocycles. The van der Waals surface area contributed by atoms with Crippen LogP contribution in [0.5, 0.6) is 0 Å². The second-order valence-corrected chi connectivity index (χ2v) is 11.2. The van der Waals surface area contributed by atoms with Gasteiger partial charge >= 0.3 is 5.97 Å². The van der Waals surface area contributed by atoms with Crippen molar-refractivity contribution in [2.75, 3.05) is 0 Å². The summed E-state index contributed by atoms with van der Waals surface area (Å²) in [7, 11) is 0. The maximum absolute atomic E-state index is 12.3. The molecule has 2 aromatic heterocycles. The molecule has 8 heteroatoms. The maximum atomic E-state index is 12.3. The molecule has 0 spiro atoms. The zero-order valence-corrected chi connectivity index (χ0v) is 25.4. The molecule has 4 heterocycles. The summed E-state index contributed by atoms with van der Waals surface area (Å²) in [4.78, 5) is 43.7. The molecule has 5 N–H and O–H groups in total. The summed E-state index contributed by atoms with van der Waals surface area (Å²) >= 11 is 0. The lowest BCUT2D eigenvalue weighted by Gasteiger charge is -2.10. The number of nitrogens with one attached hydrogen (secondary N) is 4. The van der Waals surface area contributed by atoms with Gasteiger partial charge in [-0.3, -0.25) is 14.4 Å². The number of amides is 2. The molecule has 0 saturated carbocycles. The molecular formula is C33H42N4O4. The highest BCUT2D eigenvalue weighted by atomic mass is 16.4. The Labute approximate surface area is 242 Å². The molecule has 0 aliphatic carbocycles. The molecule has 8 nitrogen and oxygen atoms in total. The predicted octanol–water partition coefficient (Wildman–Crippen LogP) is 5.77. The van der Waals surface area contributed by atoms with Crippen LogP contribution in [-0.2, 0) is 33.6 Å². The van der Waals surface area contributed by atoms with Crippen molar-refractivity contribution in [2.24, 2.45) is 5.92 Å². The minimum atomic E-state index is -0.834. The van der Waals surface area contributed by atoms with E-state index < -0.39 is 11.9 Å². The van der Waals surface area contributed by atoms with Crippen LogP contribution in [0, 0.1) is 19.8 Å². The van der Waals surface area contributed by atoms with Crippen LogP contribution in [0.2, 0.25) is 0 Å². The van der Waals surface area contributed by atoms with Crippen molar-refractivity contribution in [3.05, 3.63) is 78.7 Å². The van der Waals surface area contributed by atoms with E-state index in [1.54, 1.807) is 6.92 Å². The van der Waals surface area contributed by atoms with Gasteiger partial charge in [0.1, 0.15) is 0 Å². The summed E-state index contributed by atoms with van der Waals surface area (Å²) < 4.78 is 0. The van der Waals surface area contributed by atoms with E-state index >= 15 is 0 Å². The number of hydrogen-bond acceptors (Lipinski definition) is 3. The Kier molecular flexibility index (Phi) is 8.61. The number of rotatable bonds is 10. The Bertz CT molecular complexity index is 1560. The molecule has 0 bridgehead atoms. The summed E-state index contributed by atoms with van der Waals surface area (Å²) in [6.45, 7) is 15.7. The first kappa shape index (κ1) is 29.9. The smallest absolute Gasteiger partial charge is 0.306 e. The summed E-state index contributed by atoms with van der Waals surface area (Å²) in [5.41, 5.74) is 13.3. The fraction of sp³-hybridized carbons (Fsp3) is 0.424. The van der Waals surface area contributed by atoms with E-state index in [9.17, 15) is 19.5 Å². The molecule has 0 aromatic carbocycles. The number of H-pyrrole nitrogens is 2. The standard InChI is InChI=1S/C33H42N4O4/c1-9-21-17(5)25(13-28-22(10-2)19(7)31(38)36-28)34-27(21)15-30-24(12-16(4)33(40)41)18(6)26(35-30)14-29-23(11-3)20(8)32(39)37-29/h13-14,16,34-35H,9-12,15H2,1-8H3,(H,36,38)(H,37,39)(H,40,41)/b28-13-,29-14-. The lowest BCUT2D eigenvalue weighted by atomic mass is 9.95. The van der Waals surface area contributed by atoms with Crippen molar-refractivity contribution in [3.8, 4) is 0 Å². The summed E-state index contributed by atoms with van der Waals surface area (Å²) in [6, 6.07) is 0.